The van der Waals surface area contributed by atoms with Gasteiger partial charge in [-0.3, -0.25) is 9.78 Å². The number of carbonyl (C=O) groups excluding carboxylic acids is 1. The van der Waals surface area contributed by atoms with Crippen molar-refractivity contribution in [3.8, 4) is 0 Å². The van der Waals surface area contributed by atoms with E-state index in [1.54, 1.807) is 12.4 Å². The number of hydrogen-bond acceptors (Lipinski definition) is 6. The van der Waals surface area contributed by atoms with Gasteiger partial charge in [-0.15, -0.1) is 0 Å². The van der Waals surface area contributed by atoms with Crippen molar-refractivity contribution >= 4 is 11.9 Å². The molecule has 7 nitrogen and oxygen atoms in total. The van der Waals surface area contributed by atoms with Crippen LogP contribution in [0.3, 0.4) is 0 Å². The van der Waals surface area contributed by atoms with Crippen LogP contribution in [0.4, 0.5) is 5.95 Å². The monoisotopic (exact) mass is 300 g/mol. The Balaban J connectivity index is 1.83. The summed E-state index contributed by atoms with van der Waals surface area (Å²) in [4.78, 5) is 26.2. The molecule has 0 atom stereocenters. The fourth-order valence-corrected chi connectivity index (χ4v) is 1.72. The molecule has 0 aliphatic carbocycles. The lowest BCUT2D eigenvalue weighted by atomic mass is 10.3. The van der Waals surface area contributed by atoms with Crippen molar-refractivity contribution < 1.29 is 4.79 Å². The van der Waals surface area contributed by atoms with Gasteiger partial charge >= 0.3 is 0 Å². The topological polar surface area (TPSA) is 83.0 Å². The van der Waals surface area contributed by atoms with Crippen LogP contribution in [0.5, 0.6) is 0 Å². The third-order valence-electron chi connectivity index (χ3n) is 2.93. The molecule has 0 radical (unpaired) electrons. The number of aromatic nitrogens is 3. The summed E-state index contributed by atoms with van der Waals surface area (Å²) in [6.07, 6.45) is 6.54. The molecular formula is C15H20N6O. The number of anilines is 1. The van der Waals surface area contributed by atoms with Gasteiger partial charge in [0.15, 0.2) is 0 Å². The SMILES string of the molecule is CN(C)CCNC(=O)c1cnc(NCc2cccnc2)nc1. The summed E-state index contributed by atoms with van der Waals surface area (Å²) in [5, 5.41) is 5.90. The second-order valence-electron chi connectivity index (χ2n) is 5.07. The van der Waals surface area contributed by atoms with E-state index >= 15 is 0 Å². The van der Waals surface area contributed by atoms with Crippen LogP contribution in [0.25, 0.3) is 0 Å². The first-order valence-electron chi connectivity index (χ1n) is 7.03. The standard InChI is InChI=1S/C15H20N6O/c1-21(2)7-6-17-14(22)13-10-19-15(20-11-13)18-9-12-4-3-5-16-8-12/h3-5,8,10-11H,6-7,9H2,1-2H3,(H,17,22)(H,18,19,20). The number of rotatable bonds is 7. The molecule has 22 heavy (non-hydrogen) atoms. The van der Waals surface area contributed by atoms with Crippen molar-refractivity contribution in [1.82, 2.24) is 25.2 Å². The van der Waals surface area contributed by atoms with E-state index in [9.17, 15) is 4.79 Å². The third kappa shape index (κ3) is 5.10. The zero-order valence-electron chi connectivity index (χ0n) is 12.8. The molecule has 1 amide bonds. The molecule has 2 aromatic rings. The van der Waals surface area contributed by atoms with E-state index in [2.05, 4.69) is 25.6 Å². The Morgan fingerprint density at radius 2 is 2.00 bits per heavy atom. The molecule has 7 heteroatoms. The molecule has 2 N–H and O–H groups in total. The fraction of sp³-hybridized carbons (Fsp3) is 0.333. The zero-order valence-corrected chi connectivity index (χ0v) is 12.8. The fourth-order valence-electron chi connectivity index (χ4n) is 1.72. The minimum absolute atomic E-state index is 0.166. The van der Waals surface area contributed by atoms with E-state index in [0.29, 0.717) is 24.6 Å². The molecule has 0 saturated carbocycles. The Hall–Kier alpha value is -2.54. The second kappa shape index (κ2) is 8.04. The lowest BCUT2D eigenvalue weighted by molar-refractivity contribution is 0.0950. The maximum atomic E-state index is 11.9. The van der Waals surface area contributed by atoms with Gasteiger partial charge in [0.25, 0.3) is 5.91 Å². The maximum Gasteiger partial charge on any atom is 0.254 e. The lowest BCUT2D eigenvalue weighted by Gasteiger charge is -2.10. The predicted molar refractivity (Wildman–Crippen MR) is 84.5 cm³/mol. The van der Waals surface area contributed by atoms with Crippen LogP contribution in [0.2, 0.25) is 0 Å². The number of amides is 1. The predicted octanol–water partition coefficient (Wildman–Crippen LogP) is 0.775. The van der Waals surface area contributed by atoms with Crippen molar-refractivity contribution in [3.05, 3.63) is 48.0 Å². The van der Waals surface area contributed by atoms with Crippen LogP contribution in [-0.4, -0.2) is 52.9 Å². The van der Waals surface area contributed by atoms with E-state index in [4.69, 9.17) is 0 Å². The molecule has 2 heterocycles. The van der Waals surface area contributed by atoms with Gasteiger partial charge in [-0.2, -0.15) is 0 Å². The van der Waals surface area contributed by atoms with Gasteiger partial charge in [0.1, 0.15) is 0 Å². The summed E-state index contributed by atoms with van der Waals surface area (Å²) >= 11 is 0. The van der Waals surface area contributed by atoms with Crippen LogP contribution in [0, 0.1) is 0 Å². The highest BCUT2D eigenvalue weighted by Gasteiger charge is 2.06. The molecule has 0 fully saturated rings. The third-order valence-corrected chi connectivity index (χ3v) is 2.93. The molecule has 0 saturated heterocycles. The molecular weight excluding hydrogens is 280 g/mol. The molecule has 2 rings (SSSR count). The van der Waals surface area contributed by atoms with E-state index in [-0.39, 0.29) is 5.91 Å². The Labute approximate surface area is 129 Å². The molecule has 0 aliphatic rings. The average molecular weight is 300 g/mol. The molecule has 0 unspecified atom stereocenters. The van der Waals surface area contributed by atoms with E-state index in [1.165, 1.54) is 12.4 Å². The van der Waals surface area contributed by atoms with Gasteiger partial charge in [0, 0.05) is 44.4 Å². The van der Waals surface area contributed by atoms with Gasteiger partial charge < -0.3 is 15.5 Å². The lowest BCUT2D eigenvalue weighted by Crippen LogP contribution is -2.31. The van der Waals surface area contributed by atoms with E-state index in [0.717, 1.165) is 12.1 Å². The van der Waals surface area contributed by atoms with E-state index < -0.39 is 0 Å². The molecule has 0 aliphatic heterocycles. The molecule has 0 spiro atoms. The number of nitrogens with one attached hydrogen (secondary N) is 2. The first-order valence-corrected chi connectivity index (χ1v) is 7.03. The Morgan fingerprint density at radius 1 is 1.23 bits per heavy atom. The van der Waals surface area contributed by atoms with Crippen molar-refractivity contribution in [2.75, 3.05) is 32.5 Å². The molecule has 2 aromatic heterocycles. The van der Waals surface area contributed by atoms with Gasteiger partial charge in [0.2, 0.25) is 5.95 Å². The van der Waals surface area contributed by atoms with Crippen molar-refractivity contribution in [2.24, 2.45) is 0 Å². The Morgan fingerprint density at radius 3 is 2.64 bits per heavy atom. The smallest absolute Gasteiger partial charge is 0.254 e. The minimum atomic E-state index is -0.166. The number of pyridine rings is 1. The molecule has 0 aromatic carbocycles. The van der Waals surface area contributed by atoms with Gasteiger partial charge in [0.05, 0.1) is 5.56 Å². The highest BCUT2D eigenvalue weighted by atomic mass is 16.1. The van der Waals surface area contributed by atoms with Gasteiger partial charge in [-0.1, -0.05) is 6.07 Å². The first-order chi connectivity index (χ1) is 10.6. The first kappa shape index (κ1) is 15.8. The number of nitrogens with zero attached hydrogens (tertiary/aromatic N) is 4. The quantitative estimate of drug-likeness (QED) is 0.786. The number of likely N-dealkylation sites (N-methyl/N-ethyl adjacent to an activating group) is 1. The molecule has 116 valence electrons. The Kier molecular flexibility index (Phi) is 5.79. The summed E-state index contributed by atoms with van der Waals surface area (Å²) in [5.41, 5.74) is 1.49. The summed E-state index contributed by atoms with van der Waals surface area (Å²) in [7, 11) is 3.91. The normalized spacial score (nSPS) is 10.5. The summed E-state index contributed by atoms with van der Waals surface area (Å²) in [5.74, 6) is 0.314. The largest absolute Gasteiger partial charge is 0.351 e. The van der Waals surface area contributed by atoms with Crippen molar-refractivity contribution in [3.63, 3.8) is 0 Å². The van der Waals surface area contributed by atoms with Crippen molar-refractivity contribution in [1.29, 1.82) is 0 Å². The highest BCUT2D eigenvalue weighted by molar-refractivity contribution is 5.93. The van der Waals surface area contributed by atoms with Crippen LogP contribution < -0.4 is 10.6 Å². The summed E-state index contributed by atoms with van der Waals surface area (Å²) < 4.78 is 0. The summed E-state index contributed by atoms with van der Waals surface area (Å²) in [6, 6.07) is 3.84. The van der Waals surface area contributed by atoms with Crippen LogP contribution in [0.1, 0.15) is 15.9 Å². The van der Waals surface area contributed by atoms with Gasteiger partial charge in [-0.05, 0) is 25.7 Å². The van der Waals surface area contributed by atoms with Crippen molar-refractivity contribution in [2.45, 2.75) is 6.54 Å². The number of carbonyl (C=O) groups is 1. The van der Waals surface area contributed by atoms with Crippen LogP contribution >= 0.6 is 0 Å². The minimum Gasteiger partial charge on any atom is -0.351 e. The number of hydrogen-bond donors (Lipinski definition) is 2. The van der Waals surface area contributed by atoms with Gasteiger partial charge in [-0.25, -0.2) is 9.97 Å². The van der Waals surface area contributed by atoms with Crippen LogP contribution in [0.15, 0.2) is 36.9 Å². The Bertz CT molecular complexity index is 585. The molecule has 0 bridgehead atoms. The zero-order chi connectivity index (χ0) is 15.8. The average Bonchev–Trinajstić information content (AvgIpc) is 2.54. The highest BCUT2D eigenvalue weighted by Crippen LogP contribution is 2.03. The maximum absolute atomic E-state index is 11.9. The van der Waals surface area contributed by atoms with Crippen LogP contribution in [-0.2, 0) is 6.54 Å². The van der Waals surface area contributed by atoms with E-state index in [1.807, 2.05) is 31.1 Å². The second-order valence-corrected chi connectivity index (χ2v) is 5.07. The summed E-state index contributed by atoms with van der Waals surface area (Å²) in [6.45, 7) is 1.96.